The van der Waals surface area contributed by atoms with Gasteiger partial charge in [-0.3, -0.25) is 0 Å². The van der Waals surface area contributed by atoms with Crippen LogP contribution in [-0.2, 0) is 12.8 Å². The standard InChI is InChI=1S/C11H17NSi/c1-4-9-7-6-8-11(12-13-3)10(9)5-2/h6-8,12H,4-5H2,1-3H3. The van der Waals surface area contributed by atoms with Crippen LogP contribution in [0.3, 0.4) is 0 Å². The molecule has 0 aliphatic rings. The first kappa shape index (κ1) is 10.3. The minimum Gasteiger partial charge on any atom is -0.411 e. The summed E-state index contributed by atoms with van der Waals surface area (Å²) in [5.74, 6) is 0. The van der Waals surface area contributed by atoms with Crippen LogP contribution in [0.25, 0.3) is 0 Å². The average Bonchev–Trinajstić information content (AvgIpc) is 2.18. The van der Waals surface area contributed by atoms with E-state index in [2.05, 4.69) is 43.6 Å². The van der Waals surface area contributed by atoms with Gasteiger partial charge in [0.15, 0.2) is 9.68 Å². The molecule has 2 radical (unpaired) electrons. The van der Waals surface area contributed by atoms with Crippen molar-refractivity contribution < 1.29 is 0 Å². The van der Waals surface area contributed by atoms with Crippen molar-refractivity contribution in [2.75, 3.05) is 4.98 Å². The number of hydrogen-bond donors (Lipinski definition) is 1. The van der Waals surface area contributed by atoms with Crippen LogP contribution >= 0.6 is 0 Å². The van der Waals surface area contributed by atoms with Crippen molar-refractivity contribution >= 4 is 15.4 Å². The fourth-order valence-electron chi connectivity index (χ4n) is 1.64. The van der Waals surface area contributed by atoms with Crippen molar-refractivity contribution in [2.24, 2.45) is 0 Å². The first-order valence-electron chi connectivity index (χ1n) is 4.87. The molecule has 1 aromatic rings. The molecule has 1 N–H and O–H groups in total. The van der Waals surface area contributed by atoms with Crippen LogP contribution in [0.1, 0.15) is 25.0 Å². The Kier molecular flexibility index (Phi) is 4.03. The Bertz CT molecular complexity index is 271. The van der Waals surface area contributed by atoms with Crippen LogP contribution in [0.5, 0.6) is 0 Å². The summed E-state index contributed by atoms with van der Waals surface area (Å²) in [6, 6.07) is 6.54. The molecule has 0 bridgehead atoms. The molecule has 0 spiro atoms. The summed E-state index contributed by atoms with van der Waals surface area (Å²) in [7, 11) is 0.782. The number of aryl methyl sites for hydroxylation is 1. The third-order valence-electron chi connectivity index (χ3n) is 2.27. The highest BCUT2D eigenvalue weighted by molar-refractivity contribution is 6.38. The van der Waals surface area contributed by atoms with Crippen LogP contribution in [0, 0.1) is 0 Å². The third-order valence-corrected chi connectivity index (χ3v) is 2.79. The number of hydrogen-bond acceptors (Lipinski definition) is 1. The SMILES string of the molecule is CCc1cccc(N[Si]C)c1CC. The molecule has 0 amide bonds. The van der Waals surface area contributed by atoms with Gasteiger partial charge in [0, 0.05) is 5.69 Å². The van der Waals surface area contributed by atoms with E-state index < -0.39 is 0 Å². The topological polar surface area (TPSA) is 12.0 Å². The largest absolute Gasteiger partial charge is 0.411 e. The summed E-state index contributed by atoms with van der Waals surface area (Å²) in [6.07, 6.45) is 2.25. The van der Waals surface area contributed by atoms with Crippen LogP contribution in [-0.4, -0.2) is 9.68 Å². The lowest BCUT2D eigenvalue weighted by Crippen LogP contribution is -2.05. The van der Waals surface area contributed by atoms with Gasteiger partial charge in [-0.15, -0.1) is 0 Å². The van der Waals surface area contributed by atoms with E-state index >= 15 is 0 Å². The molecule has 0 heterocycles. The number of nitrogens with one attached hydrogen (secondary N) is 1. The molecule has 0 aromatic heterocycles. The number of anilines is 1. The van der Waals surface area contributed by atoms with E-state index in [1.54, 1.807) is 0 Å². The molecule has 0 saturated heterocycles. The Balaban J connectivity index is 3.03. The lowest BCUT2D eigenvalue weighted by Gasteiger charge is -2.12. The minimum atomic E-state index is 0.782. The van der Waals surface area contributed by atoms with E-state index in [-0.39, 0.29) is 0 Å². The van der Waals surface area contributed by atoms with E-state index in [4.69, 9.17) is 0 Å². The van der Waals surface area contributed by atoms with E-state index in [1.165, 1.54) is 16.8 Å². The second kappa shape index (κ2) is 5.07. The Hall–Kier alpha value is -0.763. The molecule has 0 aliphatic heterocycles. The highest BCUT2D eigenvalue weighted by Gasteiger charge is 2.03. The Morgan fingerprint density at radius 3 is 2.54 bits per heavy atom. The molecular weight excluding hydrogens is 174 g/mol. The van der Waals surface area contributed by atoms with Crippen molar-refractivity contribution in [3.63, 3.8) is 0 Å². The summed E-state index contributed by atoms with van der Waals surface area (Å²) < 4.78 is 0. The van der Waals surface area contributed by atoms with Gasteiger partial charge in [0.25, 0.3) is 0 Å². The average molecular weight is 191 g/mol. The van der Waals surface area contributed by atoms with Gasteiger partial charge >= 0.3 is 0 Å². The van der Waals surface area contributed by atoms with E-state index in [9.17, 15) is 0 Å². The molecule has 0 aliphatic carbocycles. The maximum Gasteiger partial charge on any atom is 0.174 e. The third kappa shape index (κ3) is 2.34. The quantitative estimate of drug-likeness (QED) is 0.722. The summed E-state index contributed by atoms with van der Waals surface area (Å²) in [4.78, 5) is 3.43. The molecule has 0 fully saturated rings. The predicted octanol–water partition coefficient (Wildman–Crippen LogP) is 2.89. The second-order valence-corrected chi connectivity index (χ2v) is 3.78. The zero-order chi connectivity index (χ0) is 9.68. The maximum absolute atomic E-state index is 3.43. The molecule has 0 atom stereocenters. The highest BCUT2D eigenvalue weighted by atomic mass is 28.2. The first-order chi connectivity index (χ1) is 6.33. The molecule has 1 aromatic carbocycles. The molecule has 0 unspecified atom stereocenters. The zero-order valence-electron chi connectivity index (χ0n) is 8.65. The summed E-state index contributed by atoms with van der Waals surface area (Å²) in [6.45, 7) is 6.60. The molecular formula is C11H17NSi. The summed E-state index contributed by atoms with van der Waals surface area (Å²) >= 11 is 0. The zero-order valence-corrected chi connectivity index (χ0v) is 9.65. The maximum atomic E-state index is 3.43. The van der Waals surface area contributed by atoms with Gasteiger partial charge in [0.2, 0.25) is 0 Å². The molecule has 70 valence electrons. The van der Waals surface area contributed by atoms with Crippen LogP contribution in [0.15, 0.2) is 18.2 Å². The lowest BCUT2D eigenvalue weighted by atomic mass is 10.0. The molecule has 0 saturated carbocycles. The van der Waals surface area contributed by atoms with Gasteiger partial charge < -0.3 is 4.98 Å². The molecule has 2 heteroatoms. The fourth-order valence-corrected chi connectivity index (χ4v) is 2.14. The van der Waals surface area contributed by atoms with Crippen molar-refractivity contribution in [1.29, 1.82) is 0 Å². The smallest absolute Gasteiger partial charge is 0.174 e. The molecule has 13 heavy (non-hydrogen) atoms. The lowest BCUT2D eigenvalue weighted by molar-refractivity contribution is 1.04. The predicted molar refractivity (Wildman–Crippen MR) is 60.4 cm³/mol. The number of rotatable bonds is 4. The number of benzene rings is 1. The van der Waals surface area contributed by atoms with E-state index in [0.717, 1.165) is 22.5 Å². The first-order valence-corrected chi connectivity index (χ1v) is 6.37. The highest BCUT2D eigenvalue weighted by Crippen LogP contribution is 2.20. The van der Waals surface area contributed by atoms with Gasteiger partial charge in [0.1, 0.15) is 0 Å². The normalized spacial score (nSPS) is 10.1. The summed E-state index contributed by atoms with van der Waals surface area (Å²) in [5.41, 5.74) is 4.28. The van der Waals surface area contributed by atoms with Crippen LogP contribution < -0.4 is 4.98 Å². The molecule has 1 nitrogen and oxygen atoms in total. The second-order valence-electron chi connectivity index (χ2n) is 3.03. The van der Waals surface area contributed by atoms with Crippen molar-refractivity contribution in [1.82, 2.24) is 0 Å². The molecule has 1 rings (SSSR count). The van der Waals surface area contributed by atoms with E-state index in [0.29, 0.717) is 0 Å². The van der Waals surface area contributed by atoms with Crippen molar-refractivity contribution in [3.05, 3.63) is 29.3 Å². The van der Waals surface area contributed by atoms with Gasteiger partial charge in [-0.2, -0.15) is 0 Å². The minimum absolute atomic E-state index is 0.782. The monoisotopic (exact) mass is 191 g/mol. The van der Waals surface area contributed by atoms with Crippen LogP contribution in [0.2, 0.25) is 6.55 Å². The fraction of sp³-hybridized carbons (Fsp3) is 0.455. The van der Waals surface area contributed by atoms with Gasteiger partial charge in [-0.1, -0.05) is 32.5 Å². The van der Waals surface area contributed by atoms with Crippen LogP contribution in [0.4, 0.5) is 5.69 Å². The van der Waals surface area contributed by atoms with Gasteiger partial charge in [0.05, 0.1) is 0 Å². The van der Waals surface area contributed by atoms with Crippen molar-refractivity contribution in [2.45, 2.75) is 33.2 Å². The van der Waals surface area contributed by atoms with Crippen molar-refractivity contribution in [3.8, 4) is 0 Å². The Morgan fingerprint density at radius 1 is 1.23 bits per heavy atom. The van der Waals surface area contributed by atoms with E-state index in [1.807, 2.05) is 0 Å². The summed E-state index contributed by atoms with van der Waals surface area (Å²) in [5, 5.41) is 0. The van der Waals surface area contributed by atoms with Gasteiger partial charge in [-0.25, -0.2) is 0 Å². The Labute approximate surface area is 83.5 Å². The van der Waals surface area contributed by atoms with Gasteiger partial charge in [-0.05, 0) is 30.0 Å². The Morgan fingerprint density at radius 2 is 2.00 bits per heavy atom.